The van der Waals surface area contributed by atoms with Crippen molar-refractivity contribution in [3.05, 3.63) is 83.2 Å². The van der Waals surface area contributed by atoms with Crippen LogP contribution < -0.4 is 5.32 Å². The lowest BCUT2D eigenvalue weighted by Gasteiger charge is -2.24. The molecule has 0 bridgehead atoms. The van der Waals surface area contributed by atoms with Gasteiger partial charge in [-0.15, -0.1) is 5.10 Å². The van der Waals surface area contributed by atoms with Crippen molar-refractivity contribution in [1.82, 2.24) is 14.8 Å². The van der Waals surface area contributed by atoms with Crippen molar-refractivity contribution in [3.8, 4) is 0 Å². The molecule has 0 saturated heterocycles. The Hall–Kier alpha value is -3.23. The van der Waals surface area contributed by atoms with Crippen LogP contribution in [0.4, 0.5) is 27.9 Å². The molecule has 0 radical (unpaired) electrons. The summed E-state index contributed by atoms with van der Waals surface area (Å²) in [6.45, 7) is 0. The minimum atomic E-state index is -4.74. The van der Waals surface area contributed by atoms with Crippen LogP contribution in [0.15, 0.2) is 54.6 Å². The normalized spacial score (nSPS) is 16.5. The highest BCUT2D eigenvalue weighted by atomic mass is 19.4. The van der Waals surface area contributed by atoms with E-state index in [1.165, 1.54) is 6.07 Å². The van der Waals surface area contributed by atoms with Crippen molar-refractivity contribution in [3.63, 3.8) is 0 Å². The highest BCUT2D eigenvalue weighted by Crippen LogP contribution is 2.35. The third-order valence-corrected chi connectivity index (χ3v) is 4.09. The largest absolute Gasteiger partial charge is 0.453 e. The Morgan fingerprint density at radius 1 is 0.963 bits per heavy atom. The minimum Gasteiger partial charge on any atom is -0.324 e. The van der Waals surface area contributed by atoms with E-state index >= 15 is 0 Å². The van der Waals surface area contributed by atoms with Crippen LogP contribution in [0, 0.1) is 11.6 Å². The van der Waals surface area contributed by atoms with Crippen molar-refractivity contribution in [2.75, 3.05) is 5.32 Å². The third kappa shape index (κ3) is 3.16. The molecule has 4 rings (SSSR count). The fraction of sp³-hybridized carbons (Fsp3) is 0.111. The Morgan fingerprint density at radius 2 is 1.70 bits per heavy atom. The average Bonchev–Trinajstić information content (AvgIpc) is 3.08. The molecule has 1 aromatic heterocycles. The smallest absolute Gasteiger partial charge is 0.324 e. The number of rotatable bonds is 2. The number of anilines is 1. The molecule has 0 spiro atoms. The summed E-state index contributed by atoms with van der Waals surface area (Å²) in [5, 5.41) is 6.33. The number of benzene rings is 2. The van der Waals surface area contributed by atoms with Crippen LogP contribution >= 0.6 is 0 Å². The van der Waals surface area contributed by atoms with Gasteiger partial charge in [-0.1, -0.05) is 36.4 Å². The quantitative estimate of drug-likeness (QED) is 0.661. The number of nitrogens with one attached hydrogen (secondary N) is 1. The lowest BCUT2D eigenvalue weighted by Crippen LogP contribution is -2.20. The molecule has 1 N–H and O–H groups in total. The van der Waals surface area contributed by atoms with Gasteiger partial charge in [-0.05, 0) is 29.3 Å². The zero-order valence-electron chi connectivity index (χ0n) is 13.5. The second kappa shape index (κ2) is 6.19. The van der Waals surface area contributed by atoms with Crippen molar-refractivity contribution >= 4 is 11.6 Å². The third-order valence-electron chi connectivity index (χ3n) is 4.09. The molecular weight excluding hydrogens is 367 g/mol. The first-order chi connectivity index (χ1) is 12.8. The van der Waals surface area contributed by atoms with Crippen molar-refractivity contribution in [2.24, 2.45) is 0 Å². The number of aromatic nitrogens is 3. The summed E-state index contributed by atoms with van der Waals surface area (Å²) in [6.07, 6.45) is -3.15. The highest BCUT2D eigenvalue weighted by molar-refractivity contribution is 5.77. The Balaban J connectivity index is 1.86. The van der Waals surface area contributed by atoms with Gasteiger partial charge < -0.3 is 5.32 Å². The van der Waals surface area contributed by atoms with Crippen LogP contribution in [0.25, 0.3) is 5.70 Å². The lowest BCUT2D eigenvalue weighted by molar-refractivity contribution is -0.145. The van der Waals surface area contributed by atoms with Crippen LogP contribution in [0.1, 0.15) is 23.0 Å². The van der Waals surface area contributed by atoms with E-state index in [1.807, 2.05) is 0 Å². The molecule has 2 aromatic carbocycles. The first kappa shape index (κ1) is 17.2. The van der Waals surface area contributed by atoms with Gasteiger partial charge in [0.2, 0.25) is 5.95 Å². The Labute approximate surface area is 150 Å². The topological polar surface area (TPSA) is 42.7 Å². The number of allylic oxidation sites excluding steroid dienone is 1. The lowest BCUT2D eigenvalue weighted by atomic mass is 10.0. The van der Waals surface area contributed by atoms with Gasteiger partial charge in [0.15, 0.2) is 11.6 Å². The first-order valence-corrected chi connectivity index (χ1v) is 7.86. The number of alkyl halides is 3. The second-order valence-electron chi connectivity index (χ2n) is 5.89. The molecule has 3 aromatic rings. The molecule has 0 aliphatic carbocycles. The predicted molar refractivity (Wildman–Crippen MR) is 87.6 cm³/mol. The van der Waals surface area contributed by atoms with Gasteiger partial charge in [-0.2, -0.15) is 18.2 Å². The number of halogens is 5. The Morgan fingerprint density at radius 3 is 2.37 bits per heavy atom. The zero-order chi connectivity index (χ0) is 19.2. The molecule has 0 unspecified atom stereocenters. The molecule has 1 aliphatic heterocycles. The van der Waals surface area contributed by atoms with Gasteiger partial charge in [0.25, 0.3) is 5.82 Å². The van der Waals surface area contributed by atoms with Crippen molar-refractivity contribution in [2.45, 2.75) is 12.2 Å². The zero-order valence-corrected chi connectivity index (χ0v) is 13.5. The van der Waals surface area contributed by atoms with E-state index in [9.17, 15) is 22.0 Å². The summed E-state index contributed by atoms with van der Waals surface area (Å²) >= 11 is 0. The minimum absolute atomic E-state index is 0.140. The monoisotopic (exact) mass is 378 g/mol. The molecule has 9 heteroatoms. The summed E-state index contributed by atoms with van der Waals surface area (Å²) in [5.74, 6) is -3.60. The van der Waals surface area contributed by atoms with E-state index in [0.29, 0.717) is 11.3 Å². The van der Waals surface area contributed by atoms with Crippen LogP contribution in [0.5, 0.6) is 0 Å². The maximum absolute atomic E-state index is 13.7. The van der Waals surface area contributed by atoms with Gasteiger partial charge in [0.1, 0.15) is 6.04 Å². The average molecular weight is 378 g/mol. The molecule has 1 aliphatic rings. The van der Waals surface area contributed by atoms with Crippen LogP contribution in [-0.4, -0.2) is 14.8 Å². The maximum Gasteiger partial charge on any atom is 0.453 e. The molecule has 0 saturated carbocycles. The Bertz CT molecular complexity index is 1020. The SMILES string of the molecule is Fc1ccc([C@H]2C=C(c3ccccc3)Nc3nc(C(F)(F)F)nn32)cc1F. The Kier molecular flexibility index (Phi) is 3.94. The van der Waals surface area contributed by atoms with Gasteiger partial charge >= 0.3 is 6.18 Å². The van der Waals surface area contributed by atoms with E-state index in [2.05, 4.69) is 15.4 Å². The summed E-state index contributed by atoms with van der Waals surface area (Å²) < 4.78 is 67.1. The van der Waals surface area contributed by atoms with E-state index in [0.717, 1.165) is 16.8 Å². The number of hydrogen-bond donors (Lipinski definition) is 1. The van der Waals surface area contributed by atoms with E-state index in [4.69, 9.17) is 0 Å². The second-order valence-corrected chi connectivity index (χ2v) is 5.89. The molecule has 27 heavy (non-hydrogen) atoms. The maximum atomic E-state index is 13.7. The van der Waals surface area contributed by atoms with Crippen LogP contribution in [0.3, 0.4) is 0 Å². The molecule has 138 valence electrons. The first-order valence-electron chi connectivity index (χ1n) is 7.86. The van der Waals surface area contributed by atoms with Crippen LogP contribution in [0.2, 0.25) is 0 Å². The molecule has 4 nitrogen and oxygen atoms in total. The molecule has 1 atom stereocenters. The summed E-state index contributed by atoms with van der Waals surface area (Å²) in [5.41, 5.74) is 1.43. The number of nitrogens with zero attached hydrogens (tertiary/aromatic N) is 3. The fourth-order valence-electron chi connectivity index (χ4n) is 2.83. The molecule has 0 fully saturated rings. The molecular formula is C18H11F5N4. The highest BCUT2D eigenvalue weighted by Gasteiger charge is 2.39. The van der Waals surface area contributed by atoms with Gasteiger partial charge in [0.05, 0.1) is 0 Å². The number of fused-ring (bicyclic) bond motifs is 1. The van der Waals surface area contributed by atoms with Gasteiger partial charge in [-0.25, -0.2) is 13.5 Å². The van der Waals surface area contributed by atoms with Crippen molar-refractivity contribution in [1.29, 1.82) is 0 Å². The van der Waals surface area contributed by atoms with E-state index in [1.54, 1.807) is 36.4 Å². The fourth-order valence-corrected chi connectivity index (χ4v) is 2.83. The van der Waals surface area contributed by atoms with Gasteiger partial charge in [-0.3, -0.25) is 0 Å². The summed E-state index contributed by atoms with van der Waals surface area (Å²) in [6, 6.07) is 11.1. The predicted octanol–water partition coefficient (Wildman–Crippen LogP) is 4.63. The standard InChI is InChI=1S/C18H11F5N4/c19-12-7-6-11(8-13(12)20)15-9-14(10-4-2-1-3-5-10)24-17-25-16(18(21,22)23)26-27(15)17/h1-9,15H,(H,24,25,26)/t15-/m1/s1. The molecule has 0 amide bonds. The van der Waals surface area contributed by atoms with Gasteiger partial charge in [0, 0.05) is 5.70 Å². The van der Waals surface area contributed by atoms with E-state index in [-0.39, 0.29) is 11.5 Å². The summed E-state index contributed by atoms with van der Waals surface area (Å²) in [4.78, 5) is 3.52. The number of hydrogen-bond acceptors (Lipinski definition) is 3. The summed E-state index contributed by atoms with van der Waals surface area (Å²) in [7, 11) is 0. The van der Waals surface area contributed by atoms with Crippen molar-refractivity contribution < 1.29 is 22.0 Å². The van der Waals surface area contributed by atoms with Crippen LogP contribution in [-0.2, 0) is 6.18 Å². The van der Waals surface area contributed by atoms with E-state index < -0.39 is 29.7 Å². The molecule has 2 heterocycles.